The van der Waals surface area contributed by atoms with E-state index in [1.807, 2.05) is 7.05 Å². The Morgan fingerprint density at radius 1 is 1.06 bits per heavy atom. The van der Waals surface area contributed by atoms with Crippen LogP contribution in [-0.2, 0) is 19.3 Å². The molecule has 0 saturated carbocycles. The Balaban J connectivity index is 1.85. The number of nitrogens with one attached hydrogen (secondary N) is 3. The van der Waals surface area contributed by atoms with Gasteiger partial charge in [0.2, 0.25) is 0 Å². The van der Waals surface area contributed by atoms with Crippen LogP contribution in [0.2, 0.25) is 0 Å². The molecule has 7 nitrogen and oxygen atoms in total. The summed E-state index contributed by atoms with van der Waals surface area (Å²) in [5, 5.41) is 12.2. The number of para-hydroxylation sites is 1. The molecule has 0 unspecified atom stereocenters. The Bertz CT molecular complexity index is 1130. The van der Waals surface area contributed by atoms with Gasteiger partial charge in [0.25, 0.3) is 5.91 Å². The first kappa shape index (κ1) is 26.1. The number of nitrogens with zero attached hydrogens (tertiary/aromatic N) is 2. The van der Waals surface area contributed by atoms with Crippen molar-refractivity contribution in [1.82, 2.24) is 25.7 Å². The third-order valence-corrected chi connectivity index (χ3v) is 4.90. The lowest BCUT2D eigenvalue weighted by atomic mass is 10.2. The van der Waals surface area contributed by atoms with E-state index < -0.39 is 24.4 Å². The summed E-state index contributed by atoms with van der Waals surface area (Å²) in [6, 6.07) is 13.1. The fraction of sp³-hybridized carbons (Fsp3) is 0.304. The van der Waals surface area contributed by atoms with Gasteiger partial charge < -0.3 is 20.7 Å². The van der Waals surface area contributed by atoms with E-state index in [2.05, 4.69) is 25.8 Å². The number of carbonyl (C=O) groups excluding carboxylic acids is 1. The topological polar surface area (TPSA) is 80.2 Å². The smallest absolute Gasteiger partial charge is 0.434 e. The van der Waals surface area contributed by atoms with Gasteiger partial charge in [-0.05, 0) is 30.8 Å². The molecule has 0 atom stereocenters. The summed E-state index contributed by atoms with van der Waals surface area (Å²) in [6.07, 6.45) is -4.77. The van der Waals surface area contributed by atoms with E-state index in [-0.39, 0.29) is 29.2 Å². The molecule has 12 heteroatoms. The average Bonchev–Trinajstić information content (AvgIpc) is 3.27. The normalized spacial score (nSPS) is 11.6. The van der Waals surface area contributed by atoms with Crippen LogP contribution in [0.1, 0.15) is 27.3 Å². The molecule has 3 N–H and O–H groups in total. The van der Waals surface area contributed by atoms with Crippen LogP contribution in [0.25, 0.3) is 5.69 Å². The van der Waals surface area contributed by atoms with Crippen molar-refractivity contribution in [1.29, 1.82) is 0 Å². The van der Waals surface area contributed by atoms with E-state index in [0.29, 0.717) is 19.2 Å². The van der Waals surface area contributed by atoms with Crippen molar-refractivity contribution < 1.29 is 31.5 Å². The lowest BCUT2D eigenvalue weighted by molar-refractivity contribution is -0.141. The van der Waals surface area contributed by atoms with Gasteiger partial charge in [-0.1, -0.05) is 30.3 Å². The fourth-order valence-corrected chi connectivity index (χ4v) is 3.25. The second-order valence-electron chi connectivity index (χ2n) is 7.44. The van der Waals surface area contributed by atoms with Gasteiger partial charge in [0.05, 0.1) is 5.69 Å². The van der Waals surface area contributed by atoms with Crippen molar-refractivity contribution in [3.8, 4) is 11.4 Å². The number of hydrogen-bond donors (Lipinski definition) is 3. The Kier molecular flexibility index (Phi) is 8.77. The summed E-state index contributed by atoms with van der Waals surface area (Å²) >= 11 is 0. The van der Waals surface area contributed by atoms with Gasteiger partial charge in [0.1, 0.15) is 11.4 Å². The van der Waals surface area contributed by atoms with Crippen molar-refractivity contribution in [3.63, 3.8) is 0 Å². The van der Waals surface area contributed by atoms with Crippen molar-refractivity contribution in [2.75, 3.05) is 20.1 Å². The van der Waals surface area contributed by atoms with E-state index in [0.717, 1.165) is 16.8 Å². The summed E-state index contributed by atoms with van der Waals surface area (Å²) in [5.41, 5.74) is -0.309. The molecule has 3 rings (SSSR count). The van der Waals surface area contributed by atoms with Crippen LogP contribution in [0.3, 0.4) is 0 Å². The number of aromatic nitrogens is 2. The Morgan fingerprint density at radius 2 is 1.83 bits per heavy atom. The van der Waals surface area contributed by atoms with Crippen LogP contribution < -0.4 is 20.7 Å². The van der Waals surface area contributed by atoms with E-state index in [1.54, 1.807) is 24.3 Å². The van der Waals surface area contributed by atoms with Crippen LogP contribution in [0.15, 0.2) is 54.6 Å². The minimum atomic E-state index is -4.77. The van der Waals surface area contributed by atoms with Crippen LogP contribution in [0, 0.1) is 0 Å². The summed E-state index contributed by atoms with van der Waals surface area (Å²) < 4.78 is 70.8. The molecule has 0 spiro atoms. The lowest BCUT2D eigenvalue weighted by Gasteiger charge is -2.12. The van der Waals surface area contributed by atoms with Crippen LogP contribution in [0.5, 0.6) is 5.75 Å². The molecule has 0 fully saturated rings. The molecule has 2 aromatic carbocycles. The highest BCUT2D eigenvalue weighted by molar-refractivity contribution is 5.93. The molecule has 0 aliphatic heterocycles. The van der Waals surface area contributed by atoms with Gasteiger partial charge in [0.15, 0.2) is 5.69 Å². The van der Waals surface area contributed by atoms with E-state index in [4.69, 9.17) is 0 Å². The van der Waals surface area contributed by atoms with Crippen molar-refractivity contribution in [2.24, 2.45) is 0 Å². The molecule has 1 amide bonds. The maximum absolute atomic E-state index is 13.4. The van der Waals surface area contributed by atoms with Crippen molar-refractivity contribution in [2.45, 2.75) is 25.9 Å². The average molecular weight is 497 g/mol. The third kappa shape index (κ3) is 7.23. The number of halogens is 5. The highest BCUT2D eigenvalue weighted by Crippen LogP contribution is 2.30. The molecule has 0 bridgehead atoms. The molecule has 1 aromatic heterocycles. The zero-order chi connectivity index (χ0) is 25.4. The number of amides is 1. The van der Waals surface area contributed by atoms with E-state index in [9.17, 15) is 26.7 Å². The molecule has 0 aliphatic rings. The van der Waals surface area contributed by atoms with Gasteiger partial charge in [-0.25, -0.2) is 4.68 Å². The standard InChI is InChI=1S/C23H24F5N5O2/c1-29-9-10-30-13-15-5-4-7-17(11-15)33-18(12-20(32-33)23(26,27)28)21(34)31-14-16-6-2-3-8-19(16)35-22(24)25/h2-8,11-12,22,29-30H,9-10,13-14H2,1H3,(H,31,34). The largest absolute Gasteiger partial charge is 0.435 e. The van der Waals surface area contributed by atoms with Crippen molar-refractivity contribution >= 4 is 5.91 Å². The molecule has 0 radical (unpaired) electrons. The van der Waals surface area contributed by atoms with Crippen LogP contribution in [0.4, 0.5) is 22.0 Å². The van der Waals surface area contributed by atoms with Gasteiger partial charge in [-0.3, -0.25) is 4.79 Å². The lowest BCUT2D eigenvalue weighted by Crippen LogP contribution is -2.26. The fourth-order valence-electron chi connectivity index (χ4n) is 3.25. The molecule has 35 heavy (non-hydrogen) atoms. The second kappa shape index (κ2) is 11.8. The van der Waals surface area contributed by atoms with Gasteiger partial charge in [-0.2, -0.15) is 27.1 Å². The van der Waals surface area contributed by atoms with Gasteiger partial charge in [0, 0.05) is 37.8 Å². The first-order chi connectivity index (χ1) is 16.7. The molecule has 0 saturated heterocycles. The van der Waals surface area contributed by atoms with E-state index >= 15 is 0 Å². The first-order valence-electron chi connectivity index (χ1n) is 10.6. The molecular weight excluding hydrogens is 473 g/mol. The molecule has 0 aliphatic carbocycles. The minimum absolute atomic E-state index is 0.147. The Morgan fingerprint density at radius 3 is 2.54 bits per heavy atom. The third-order valence-electron chi connectivity index (χ3n) is 4.90. The number of rotatable bonds is 11. The summed E-state index contributed by atoms with van der Waals surface area (Å²) in [4.78, 5) is 12.9. The summed E-state index contributed by atoms with van der Waals surface area (Å²) in [6.45, 7) is -1.42. The molecular formula is C23H24F5N5O2. The highest BCUT2D eigenvalue weighted by atomic mass is 19.4. The minimum Gasteiger partial charge on any atom is -0.434 e. The van der Waals surface area contributed by atoms with Crippen LogP contribution in [-0.4, -0.2) is 42.4 Å². The SMILES string of the molecule is CNCCNCc1cccc(-n2nc(C(F)(F)F)cc2C(=O)NCc2ccccc2OC(F)F)c1. The van der Waals surface area contributed by atoms with Crippen LogP contribution >= 0.6 is 0 Å². The summed E-state index contributed by atoms with van der Waals surface area (Å²) in [5.74, 6) is -1.01. The maximum atomic E-state index is 13.4. The van der Waals surface area contributed by atoms with Gasteiger partial charge >= 0.3 is 12.8 Å². The van der Waals surface area contributed by atoms with E-state index in [1.165, 1.54) is 24.3 Å². The molecule has 1 heterocycles. The Labute approximate surface area is 198 Å². The zero-order valence-electron chi connectivity index (χ0n) is 18.7. The number of ether oxygens (including phenoxy) is 1. The monoisotopic (exact) mass is 497 g/mol. The summed E-state index contributed by atoms with van der Waals surface area (Å²) in [7, 11) is 1.81. The second-order valence-corrected chi connectivity index (χ2v) is 7.44. The molecule has 188 valence electrons. The number of carbonyl (C=O) groups is 1. The Hall–Kier alpha value is -3.51. The number of benzene rings is 2. The maximum Gasteiger partial charge on any atom is 0.435 e. The first-order valence-corrected chi connectivity index (χ1v) is 10.6. The number of hydrogen-bond acceptors (Lipinski definition) is 5. The number of alkyl halides is 5. The molecule has 3 aromatic rings. The number of likely N-dealkylation sites (N-methyl/N-ethyl adjacent to an activating group) is 1. The van der Waals surface area contributed by atoms with Gasteiger partial charge in [-0.15, -0.1) is 0 Å². The predicted octanol–water partition coefficient (Wildman–Crippen LogP) is 3.73. The quantitative estimate of drug-likeness (QED) is 0.278. The van der Waals surface area contributed by atoms with Crippen molar-refractivity contribution in [3.05, 3.63) is 77.1 Å². The predicted molar refractivity (Wildman–Crippen MR) is 118 cm³/mol. The highest BCUT2D eigenvalue weighted by Gasteiger charge is 2.36. The zero-order valence-corrected chi connectivity index (χ0v) is 18.7.